The zero-order valence-electron chi connectivity index (χ0n) is 8.66. The Labute approximate surface area is 88.8 Å². The van der Waals surface area contributed by atoms with Crippen molar-refractivity contribution >= 4 is 11.8 Å². The van der Waals surface area contributed by atoms with Gasteiger partial charge < -0.3 is 16.4 Å². The summed E-state index contributed by atoms with van der Waals surface area (Å²) in [6, 6.07) is -0.269. The minimum Gasteiger partial charge on any atom is -0.353 e. The molecule has 1 unspecified atom stereocenters. The quantitative estimate of drug-likeness (QED) is 0.564. The molecule has 1 aliphatic heterocycles. The molecule has 2 amide bonds. The average molecular weight is 211 g/mol. The van der Waals surface area contributed by atoms with Crippen LogP contribution in [0.3, 0.4) is 0 Å². The fraction of sp³-hybridized carbons (Fsp3) is 0.800. The molecular weight excluding hydrogens is 194 g/mol. The first-order chi connectivity index (χ1) is 7.16. The molecule has 1 saturated carbocycles. The third kappa shape index (κ3) is 2.68. The Morgan fingerprint density at radius 2 is 2.27 bits per heavy atom. The molecular formula is C10H17N3O2. The Kier molecular flexibility index (Phi) is 2.90. The van der Waals surface area contributed by atoms with E-state index >= 15 is 0 Å². The SMILES string of the molecule is NC(CNC(=O)[C@@H]1CCC(=O)N1)C1CC1. The van der Waals surface area contributed by atoms with Crippen LogP contribution in [0.15, 0.2) is 0 Å². The number of hydrogen-bond acceptors (Lipinski definition) is 3. The first-order valence-corrected chi connectivity index (χ1v) is 5.49. The smallest absolute Gasteiger partial charge is 0.242 e. The van der Waals surface area contributed by atoms with Crippen LogP contribution in [0.5, 0.6) is 0 Å². The van der Waals surface area contributed by atoms with Crippen molar-refractivity contribution in [3.05, 3.63) is 0 Å². The van der Waals surface area contributed by atoms with Gasteiger partial charge in [-0.05, 0) is 25.2 Å². The molecule has 0 spiro atoms. The second-order valence-electron chi connectivity index (χ2n) is 4.41. The third-order valence-electron chi connectivity index (χ3n) is 3.05. The van der Waals surface area contributed by atoms with Gasteiger partial charge in [0.25, 0.3) is 0 Å². The van der Waals surface area contributed by atoms with E-state index in [9.17, 15) is 9.59 Å². The Bertz CT molecular complexity index is 276. The largest absolute Gasteiger partial charge is 0.353 e. The van der Waals surface area contributed by atoms with Crippen LogP contribution in [-0.4, -0.2) is 30.4 Å². The number of carbonyl (C=O) groups excluding carboxylic acids is 2. The van der Waals surface area contributed by atoms with E-state index < -0.39 is 0 Å². The highest BCUT2D eigenvalue weighted by Crippen LogP contribution is 2.31. The number of amides is 2. The lowest BCUT2D eigenvalue weighted by Gasteiger charge is -2.14. The van der Waals surface area contributed by atoms with Crippen LogP contribution in [0.2, 0.25) is 0 Å². The highest BCUT2D eigenvalue weighted by atomic mass is 16.2. The molecule has 2 fully saturated rings. The lowest BCUT2D eigenvalue weighted by Crippen LogP contribution is -2.46. The topological polar surface area (TPSA) is 84.2 Å². The molecule has 5 heteroatoms. The molecule has 0 aromatic rings. The maximum Gasteiger partial charge on any atom is 0.242 e. The van der Waals surface area contributed by atoms with Crippen LogP contribution in [-0.2, 0) is 9.59 Å². The van der Waals surface area contributed by atoms with Crippen LogP contribution in [0.25, 0.3) is 0 Å². The number of hydrogen-bond donors (Lipinski definition) is 3. The molecule has 15 heavy (non-hydrogen) atoms. The summed E-state index contributed by atoms with van der Waals surface area (Å²) in [4.78, 5) is 22.5. The van der Waals surface area contributed by atoms with Crippen molar-refractivity contribution < 1.29 is 9.59 Å². The summed E-state index contributed by atoms with van der Waals surface area (Å²) < 4.78 is 0. The van der Waals surface area contributed by atoms with Crippen LogP contribution in [0, 0.1) is 5.92 Å². The van der Waals surface area contributed by atoms with Crippen molar-refractivity contribution in [3.8, 4) is 0 Å². The van der Waals surface area contributed by atoms with Crippen molar-refractivity contribution in [2.24, 2.45) is 11.7 Å². The molecule has 2 aliphatic rings. The molecule has 5 nitrogen and oxygen atoms in total. The van der Waals surface area contributed by atoms with Gasteiger partial charge >= 0.3 is 0 Å². The van der Waals surface area contributed by atoms with Gasteiger partial charge in [-0.2, -0.15) is 0 Å². The number of carbonyl (C=O) groups is 2. The van der Waals surface area contributed by atoms with Crippen molar-refractivity contribution in [1.29, 1.82) is 0 Å². The maximum absolute atomic E-state index is 11.6. The van der Waals surface area contributed by atoms with Gasteiger partial charge in [0.05, 0.1) is 0 Å². The number of rotatable bonds is 4. The monoisotopic (exact) mass is 211 g/mol. The van der Waals surface area contributed by atoms with Gasteiger partial charge in [0.1, 0.15) is 6.04 Å². The van der Waals surface area contributed by atoms with Gasteiger partial charge in [0.15, 0.2) is 0 Å². The van der Waals surface area contributed by atoms with E-state index in [1.807, 2.05) is 0 Å². The third-order valence-corrected chi connectivity index (χ3v) is 3.05. The van der Waals surface area contributed by atoms with Gasteiger partial charge in [0.2, 0.25) is 11.8 Å². The molecule has 0 radical (unpaired) electrons. The Hall–Kier alpha value is -1.10. The maximum atomic E-state index is 11.6. The predicted molar refractivity (Wildman–Crippen MR) is 54.9 cm³/mol. The van der Waals surface area contributed by atoms with Crippen LogP contribution < -0.4 is 16.4 Å². The minimum atomic E-state index is -0.344. The number of nitrogens with one attached hydrogen (secondary N) is 2. The van der Waals surface area contributed by atoms with Gasteiger partial charge in [0, 0.05) is 19.0 Å². The molecule has 0 aromatic carbocycles. The molecule has 1 saturated heterocycles. The lowest BCUT2D eigenvalue weighted by atomic mass is 10.2. The summed E-state index contributed by atoms with van der Waals surface area (Å²) in [5.41, 5.74) is 5.85. The van der Waals surface area contributed by atoms with Crippen molar-refractivity contribution in [3.63, 3.8) is 0 Å². The molecule has 1 aliphatic carbocycles. The summed E-state index contributed by atoms with van der Waals surface area (Å²) in [6.07, 6.45) is 3.41. The summed E-state index contributed by atoms with van der Waals surface area (Å²) in [5.74, 6) is 0.446. The Balaban J connectivity index is 1.69. The molecule has 2 atom stereocenters. The number of nitrogens with two attached hydrogens (primary N) is 1. The standard InChI is InChI=1S/C10H17N3O2/c11-7(6-1-2-6)5-12-10(15)8-3-4-9(14)13-8/h6-8H,1-5,11H2,(H,12,15)(H,13,14)/t7?,8-/m0/s1. The van der Waals surface area contributed by atoms with Gasteiger partial charge in [-0.1, -0.05) is 0 Å². The van der Waals surface area contributed by atoms with Crippen molar-refractivity contribution in [2.45, 2.75) is 37.8 Å². The summed E-state index contributed by atoms with van der Waals surface area (Å²) in [5, 5.41) is 5.42. The highest BCUT2D eigenvalue weighted by Gasteiger charge is 2.30. The molecule has 0 aromatic heterocycles. The fourth-order valence-electron chi connectivity index (χ4n) is 1.84. The van der Waals surface area contributed by atoms with E-state index in [4.69, 9.17) is 5.73 Å². The highest BCUT2D eigenvalue weighted by molar-refractivity contribution is 5.90. The normalized spacial score (nSPS) is 27.3. The van der Waals surface area contributed by atoms with E-state index in [0.29, 0.717) is 25.3 Å². The first kappa shape index (κ1) is 10.4. The summed E-state index contributed by atoms with van der Waals surface area (Å²) in [7, 11) is 0. The first-order valence-electron chi connectivity index (χ1n) is 5.49. The molecule has 1 heterocycles. The van der Waals surface area contributed by atoms with Crippen molar-refractivity contribution in [2.75, 3.05) is 6.54 Å². The van der Waals surface area contributed by atoms with E-state index in [1.54, 1.807) is 0 Å². The van der Waals surface area contributed by atoms with E-state index in [1.165, 1.54) is 12.8 Å². The van der Waals surface area contributed by atoms with Crippen molar-refractivity contribution in [1.82, 2.24) is 10.6 Å². The average Bonchev–Trinajstić information content (AvgIpc) is 2.97. The van der Waals surface area contributed by atoms with E-state index in [-0.39, 0.29) is 23.9 Å². The molecule has 84 valence electrons. The second-order valence-corrected chi connectivity index (χ2v) is 4.41. The molecule has 2 rings (SSSR count). The zero-order chi connectivity index (χ0) is 10.8. The predicted octanol–water partition coefficient (Wildman–Crippen LogP) is -0.881. The summed E-state index contributed by atoms with van der Waals surface area (Å²) in [6.45, 7) is 0.524. The summed E-state index contributed by atoms with van der Waals surface area (Å²) >= 11 is 0. The van der Waals surface area contributed by atoms with Gasteiger partial charge in [-0.3, -0.25) is 9.59 Å². The Morgan fingerprint density at radius 1 is 1.53 bits per heavy atom. The minimum absolute atomic E-state index is 0.0401. The van der Waals surface area contributed by atoms with E-state index in [2.05, 4.69) is 10.6 Å². The lowest BCUT2D eigenvalue weighted by molar-refractivity contribution is -0.125. The van der Waals surface area contributed by atoms with Crippen LogP contribution in [0.1, 0.15) is 25.7 Å². The molecule has 4 N–H and O–H groups in total. The van der Waals surface area contributed by atoms with E-state index in [0.717, 1.165) is 0 Å². The Morgan fingerprint density at radius 3 is 2.80 bits per heavy atom. The van der Waals surface area contributed by atoms with Crippen LogP contribution >= 0.6 is 0 Å². The zero-order valence-corrected chi connectivity index (χ0v) is 8.66. The van der Waals surface area contributed by atoms with Crippen LogP contribution in [0.4, 0.5) is 0 Å². The van der Waals surface area contributed by atoms with Gasteiger partial charge in [-0.15, -0.1) is 0 Å². The van der Waals surface area contributed by atoms with Gasteiger partial charge in [-0.25, -0.2) is 0 Å². The fourth-order valence-corrected chi connectivity index (χ4v) is 1.84. The molecule has 0 bridgehead atoms. The second kappa shape index (κ2) is 4.18.